The van der Waals surface area contributed by atoms with Gasteiger partial charge in [0.05, 0.1) is 0 Å². The smallest absolute Gasteiger partial charge is 0.423 e. The molecule has 0 saturated heterocycles. The molecule has 2 N–H and O–H groups in total. The van der Waals surface area contributed by atoms with Crippen LogP contribution in [0.25, 0.3) is 11.1 Å². The predicted octanol–water partition coefficient (Wildman–Crippen LogP) is 4.62. The molecule has 0 atom stereocenters. The largest absolute Gasteiger partial charge is 0.488 e. The van der Waals surface area contributed by atoms with Gasteiger partial charge < -0.3 is 14.2 Å². The summed E-state index contributed by atoms with van der Waals surface area (Å²) in [5, 5.41) is 17.2. The van der Waals surface area contributed by atoms with Gasteiger partial charge >= 0.3 is 17.6 Å². The average Bonchev–Trinajstić information content (AvgIpc) is 2.82. The molecule has 4 aromatic carbocycles. The quantitative estimate of drug-likeness (QED) is 0.329. The molecule has 4 aromatic rings. The van der Waals surface area contributed by atoms with Crippen molar-refractivity contribution in [2.75, 3.05) is 0 Å². The van der Waals surface area contributed by atoms with Crippen LogP contribution in [-0.2, 0) is 10.5 Å². The van der Waals surface area contributed by atoms with E-state index in [1.807, 2.05) is 19.1 Å². The molecule has 0 aliphatic heterocycles. The van der Waals surface area contributed by atoms with E-state index in [1.165, 1.54) is 28.8 Å². The Bertz CT molecular complexity index is 1220. The third-order valence-electron chi connectivity index (χ3n) is 4.47. The van der Waals surface area contributed by atoms with Gasteiger partial charge in [0, 0.05) is 0 Å². The van der Waals surface area contributed by atoms with E-state index in [4.69, 9.17) is 10.0 Å². The zero-order chi connectivity index (χ0) is 25.0. The van der Waals surface area contributed by atoms with E-state index in [-0.39, 0.29) is 5.75 Å². The van der Waals surface area contributed by atoms with Gasteiger partial charge in [0.15, 0.2) is 0 Å². The molecular formula is C26H26BFO5S. The van der Waals surface area contributed by atoms with Gasteiger partial charge in [-0.05, 0) is 42.6 Å². The zero-order valence-corrected chi connectivity index (χ0v) is 19.7. The molecule has 0 aliphatic rings. The monoisotopic (exact) mass is 480 g/mol. The van der Waals surface area contributed by atoms with Gasteiger partial charge in [-0.2, -0.15) is 8.42 Å². The van der Waals surface area contributed by atoms with Crippen LogP contribution in [0.1, 0.15) is 11.1 Å². The van der Waals surface area contributed by atoms with Gasteiger partial charge in [-0.25, -0.2) is 0 Å². The lowest BCUT2D eigenvalue weighted by Crippen LogP contribution is -2.29. The van der Waals surface area contributed by atoms with E-state index in [0.29, 0.717) is 5.46 Å². The molecule has 0 heterocycles. The fraction of sp³-hybridized carbons (Fsp3) is 0.0769. The van der Waals surface area contributed by atoms with E-state index in [0.717, 1.165) is 5.56 Å². The number of halogens is 1. The Labute approximate surface area is 200 Å². The van der Waals surface area contributed by atoms with Crippen LogP contribution in [0.4, 0.5) is 3.89 Å². The van der Waals surface area contributed by atoms with Crippen LogP contribution in [0, 0.1) is 13.8 Å². The Morgan fingerprint density at radius 2 is 1.06 bits per heavy atom. The second kappa shape index (κ2) is 13.3. The standard InChI is InChI=1S/C13H12.C7H7FO3S.C6H7BO2/c1-11-7-9-13(10-8-11)12-5-3-2-4-6-12;1-6-2-4-7(5-3-6)11-12(8,9)10;8-7(9)6-4-2-1-3-5-6/h2-10H,1H3;2-5H,1H3;1-5,8-9H. The topological polar surface area (TPSA) is 83.8 Å². The lowest BCUT2D eigenvalue weighted by Gasteiger charge is -2.00. The van der Waals surface area contributed by atoms with Gasteiger partial charge in [-0.1, -0.05) is 112 Å². The molecule has 176 valence electrons. The summed E-state index contributed by atoms with van der Waals surface area (Å²) < 4.78 is 35.9. The molecule has 0 unspecified atom stereocenters. The highest BCUT2D eigenvalue weighted by atomic mass is 32.3. The Morgan fingerprint density at radius 3 is 1.47 bits per heavy atom. The second-order valence-corrected chi connectivity index (χ2v) is 8.26. The predicted molar refractivity (Wildman–Crippen MR) is 135 cm³/mol. The highest BCUT2D eigenvalue weighted by Crippen LogP contribution is 2.18. The van der Waals surface area contributed by atoms with Gasteiger partial charge in [0.2, 0.25) is 0 Å². The molecule has 0 saturated carbocycles. The van der Waals surface area contributed by atoms with Crippen molar-refractivity contribution in [2.45, 2.75) is 13.8 Å². The van der Waals surface area contributed by atoms with E-state index in [2.05, 4.69) is 59.6 Å². The maximum Gasteiger partial charge on any atom is 0.488 e. The van der Waals surface area contributed by atoms with Crippen molar-refractivity contribution >= 4 is 23.1 Å². The minimum atomic E-state index is -4.89. The van der Waals surface area contributed by atoms with E-state index in [9.17, 15) is 12.3 Å². The Morgan fingerprint density at radius 1 is 0.647 bits per heavy atom. The number of benzene rings is 4. The summed E-state index contributed by atoms with van der Waals surface area (Å²) in [5.74, 6) is -0.0249. The van der Waals surface area contributed by atoms with Gasteiger partial charge in [0.25, 0.3) is 0 Å². The highest BCUT2D eigenvalue weighted by molar-refractivity contribution is 7.81. The summed E-state index contributed by atoms with van der Waals surface area (Å²) in [7, 11) is -6.23. The molecule has 5 nitrogen and oxygen atoms in total. The molecule has 0 spiro atoms. The first-order valence-electron chi connectivity index (χ1n) is 10.4. The lowest BCUT2D eigenvalue weighted by atomic mass is 9.81. The SMILES string of the molecule is Cc1ccc(-c2ccccc2)cc1.Cc1ccc(OS(=O)(=O)F)cc1.OB(O)c1ccccc1. The third kappa shape index (κ3) is 10.4. The Hall–Kier alpha value is -3.46. The highest BCUT2D eigenvalue weighted by Gasteiger charge is 2.08. The van der Waals surface area contributed by atoms with Gasteiger partial charge in [-0.15, -0.1) is 0 Å². The molecule has 0 fully saturated rings. The van der Waals surface area contributed by atoms with Crippen molar-refractivity contribution in [1.29, 1.82) is 0 Å². The van der Waals surface area contributed by atoms with Crippen molar-refractivity contribution in [3.8, 4) is 16.9 Å². The summed E-state index contributed by atoms with van der Waals surface area (Å²) in [6.07, 6.45) is 0. The summed E-state index contributed by atoms with van der Waals surface area (Å²) in [6, 6.07) is 33.7. The summed E-state index contributed by atoms with van der Waals surface area (Å²) >= 11 is 0. The van der Waals surface area contributed by atoms with Gasteiger partial charge in [-0.3, -0.25) is 0 Å². The number of hydrogen-bond donors (Lipinski definition) is 2. The maximum atomic E-state index is 11.9. The average molecular weight is 480 g/mol. The van der Waals surface area contributed by atoms with Crippen LogP contribution >= 0.6 is 0 Å². The third-order valence-corrected chi connectivity index (χ3v) is 4.86. The van der Waals surface area contributed by atoms with Crippen LogP contribution in [0.3, 0.4) is 0 Å². The van der Waals surface area contributed by atoms with E-state index >= 15 is 0 Å². The fourth-order valence-electron chi connectivity index (χ4n) is 2.71. The van der Waals surface area contributed by atoms with Crippen LogP contribution in [0.5, 0.6) is 5.75 Å². The van der Waals surface area contributed by atoms with Crippen LogP contribution in [-0.4, -0.2) is 25.6 Å². The minimum absolute atomic E-state index is 0.0249. The van der Waals surface area contributed by atoms with Crippen molar-refractivity contribution in [2.24, 2.45) is 0 Å². The van der Waals surface area contributed by atoms with Crippen LogP contribution < -0.4 is 9.65 Å². The first-order chi connectivity index (χ1) is 16.1. The second-order valence-electron chi connectivity index (χ2n) is 7.31. The molecule has 0 aliphatic carbocycles. The van der Waals surface area contributed by atoms with Crippen LogP contribution in [0.2, 0.25) is 0 Å². The van der Waals surface area contributed by atoms with Crippen molar-refractivity contribution in [3.63, 3.8) is 0 Å². The first-order valence-corrected chi connectivity index (χ1v) is 11.7. The summed E-state index contributed by atoms with van der Waals surface area (Å²) in [4.78, 5) is 0. The van der Waals surface area contributed by atoms with Crippen LogP contribution in [0.15, 0.2) is 109 Å². The fourth-order valence-corrected chi connectivity index (χ4v) is 3.05. The molecule has 0 bridgehead atoms. The number of hydrogen-bond acceptors (Lipinski definition) is 5. The van der Waals surface area contributed by atoms with E-state index in [1.54, 1.807) is 36.4 Å². The molecular weight excluding hydrogens is 454 g/mol. The minimum Gasteiger partial charge on any atom is -0.423 e. The van der Waals surface area contributed by atoms with Crippen molar-refractivity contribution in [3.05, 3.63) is 120 Å². The molecule has 0 amide bonds. The molecule has 4 rings (SSSR count). The number of rotatable bonds is 4. The number of aryl methyl sites for hydroxylation is 2. The Balaban J connectivity index is 0.000000183. The van der Waals surface area contributed by atoms with E-state index < -0.39 is 17.6 Å². The lowest BCUT2D eigenvalue weighted by molar-refractivity contribution is 0.425. The van der Waals surface area contributed by atoms with Crippen molar-refractivity contribution < 1.29 is 26.5 Å². The van der Waals surface area contributed by atoms with Gasteiger partial charge in [0.1, 0.15) is 5.75 Å². The molecule has 34 heavy (non-hydrogen) atoms. The summed E-state index contributed by atoms with van der Waals surface area (Å²) in [6.45, 7) is 3.93. The maximum absolute atomic E-state index is 11.9. The molecule has 8 heteroatoms. The Kier molecular flexibility index (Phi) is 10.5. The first kappa shape index (κ1) is 26.8. The molecule has 0 radical (unpaired) electrons. The van der Waals surface area contributed by atoms with Crippen molar-refractivity contribution in [1.82, 2.24) is 0 Å². The zero-order valence-electron chi connectivity index (χ0n) is 18.9. The normalized spacial score (nSPS) is 10.1. The molecule has 0 aromatic heterocycles. The summed E-state index contributed by atoms with van der Waals surface area (Å²) in [5.41, 5.74) is 5.34.